The van der Waals surface area contributed by atoms with Gasteiger partial charge < -0.3 is 5.11 Å². The second kappa shape index (κ2) is 6.18. The summed E-state index contributed by atoms with van der Waals surface area (Å²) in [6.45, 7) is 6.66. The molecule has 0 amide bonds. The highest BCUT2D eigenvalue weighted by atomic mass is 79.9. The Hall–Kier alpha value is -0.380. The second-order valence-corrected chi connectivity index (χ2v) is 6.28. The van der Waals surface area contributed by atoms with Crippen molar-refractivity contribution in [2.45, 2.75) is 39.3 Å². The molecule has 1 aliphatic heterocycles. The fourth-order valence-corrected chi connectivity index (χ4v) is 3.22. The minimum atomic E-state index is 0.272. The van der Waals surface area contributed by atoms with E-state index in [0.717, 1.165) is 13.1 Å². The molecule has 0 radical (unpaired) electrons. The van der Waals surface area contributed by atoms with Crippen molar-refractivity contribution in [3.05, 3.63) is 33.8 Å². The molecule has 0 saturated carbocycles. The lowest BCUT2D eigenvalue weighted by Crippen LogP contribution is -2.45. The molecule has 2 nitrogen and oxygen atoms in total. The van der Waals surface area contributed by atoms with E-state index >= 15 is 0 Å². The van der Waals surface area contributed by atoms with Crippen LogP contribution in [0.1, 0.15) is 30.9 Å². The van der Waals surface area contributed by atoms with Crippen LogP contribution in [-0.2, 0) is 6.54 Å². The number of rotatable bonds is 3. The monoisotopic (exact) mass is 311 g/mol. The topological polar surface area (TPSA) is 23.5 Å². The lowest BCUT2D eigenvalue weighted by molar-refractivity contribution is 0.0472. The Kier molecular flexibility index (Phi) is 4.82. The van der Waals surface area contributed by atoms with Crippen molar-refractivity contribution in [2.75, 3.05) is 13.2 Å². The van der Waals surface area contributed by atoms with Crippen LogP contribution in [0.3, 0.4) is 0 Å². The van der Waals surface area contributed by atoms with Crippen LogP contribution in [0.25, 0.3) is 0 Å². The Morgan fingerprint density at radius 2 is 2.22 bits per heavy atom. The number of aliphatic hydroxyl groups excluding tert-OH is 1. The minimum Gasteiger partial charge on any atom is -0.395 e. The van der Waals surface area contributed by atoms with E-state index in [2.05, 4.69) is 52.9 Å². The molecule has 1 heterocycles. The van der Waals surface area contributed by atoms with E-state index in [1.807, 2.05) is 0 Å². The Balaban J connectivity index is 2.09. The molecule has 1 aromatic carbocycles. The van der Waals surface area contributed by atoms with Crippen molar-refractivity contribution in [2.24, 2.45) is 5.92 Å². The van der Waals surface area contributed by atoms with Gasteiger partial charge in [0, 0.05) is 17.1 Å². The standard InChI is InChI=1S/C15H22BrNO/c1-11-5-6-13(8-14(11)16)9-17-7-3-4-12(2)15(17)10-18/h5-6,8,12,15,18H,3-4,7,9-10H2,1-2H3/t12-,15+/m1/s1. The first-order valence-corrected chi connectivity index (χ1v) is 7.51. The van der Waals surface area contributed by atoms with Crippen LogP contribution in [0.4, 0.5) is 0 Å². The van der Waals surface area contributed by atoms with Crippen molar-refractivity contribution < 1.29 is 5.11 Å². The summed E-state index contributed by atoms with van der Waals surface area (Å²) < 4.78 is 1.17. The molecule has 2 atom stereocenters. The molecule has 1 fully saturated rings. The van der Waals surface area contributed by atoms with Crippen LogP contribution in [0.2, 0.25) is 0 Å². The third-order valence-electron chi connectivity index (χ3n) is 4.04. The van der Waals surface area contributed by atoms with Crippen LogP contribution in [0.15, 0.2) is 22.7 Å². The lowest BCUT2D eigenvalue weighted by atomic mass is 9.91. The summed E-state index contributed by atoms with van der Waals surface area (Å²) in [4.78, 5) is 2.42. The maximum absolute atomic E-state index is 9.56. The first kappa shape index (κ1) is 14.0. The van der Waals surface area contributed by atoms with Crippen LogP contribution in [-0.4, -0.2) is 29.2 Å². The maximum atomic E-state index is 9.56. The van der Waals surface area contributed by atoms with Crippen LogP contribution in [0.5, 0.6) is 0 Å². The van der Waals surface area contributed by atoms with Gasteiger partial charge in [-0.15, -0.1) is 0 Å². The molecule has 18 heavy (non-hydrogen) atoms. The van der Waals surface area contributed by atoms with Gasteiger partial charge in [0.1, 0.15) is 0 Å². The largest absolute Gasteiger partial charge is 0.395 e. The summed E-state index contributed by atoms with van der Waals surface area (Å²) in [5.74, 6) is 0.595. The van der Waals surface area contributed by atoms with E-state index in [4.69, 9.17) is 0 Å². The Bertz CT molecular complexity index is 407. The average molecular weight is 312 g/mol. The molecule has 100 valence electrons. The van der Waals surface area contributed by atoms with Gasteiger partial charge in [-0.1, -0.05) is 35.0 Å². The molecule has 0 aromatic heterocycles. The lowest BCUT2D eigenvalue weighted by Gasteiger charge is -2.39. The van der Waals surface area contributed by atoms with Crippen LogP contribution in [0, 0.1) is 12.8 Å². The number of likely N-dealkylation sites (tertiary alicyclic amines) is 1. The number of nitrogens with zero attached hydrogens (tertiary/aromatic N) is 1. The Labute approximate surface area is 118 Å². The first-order valence-electron chi connectivity index (χ1n) is 6.71. The summed E-state index contributed by atoms with van der Waals surface area (Å²) in [6, 6.07) is 6.86. The number of aliphatic hydroxyl groups is 1. The summed E-state index contributed by atoms with van der Waals surface area (Å²) >= 11 is 3.59. The normalized spacial score (nSPS) is 25.3. The van der Waals surface area contributed by atoms with Crippen molar-refractivity contribution in [1.29, 1.82) is 0 Å². The number of benzene rings is 1. The fourth-order valence-electron chi connectivity index (χ4n) is 2.80. The van der Waals surface area contributed by atoms with Crippen molar-refractivity contribution in [3.8, 4) is 0 Å². The first-order chi connectivity index (χ1) is 8.61. The number of halogens is 1. The van der Waals surface area contributed by atoms with Gasteiger partial charge in [0.15, 0.2) is 0 Å². The summed E-state index contributed by atoms with van der Waals surface area (Å²) in [6.07, 6.45) is 2.48. The second-order valence-electron chi connectivity index (χ2n) is 5.42. The third-order valence-corrected chi connectivity index (χ3v) is 4.89. The number of hydrogen-bond acceptors (Lipinski definition) is 2. The maximum Gasteiger partial charge on any atom is 0.0589 e. The van der Waals surface area contributed by atoms with Crippen molar-refractivity contribution in [3.63, 3.8) is 0 Å². The zero-order chi connectivity index (χ0) is 13.1. The predicted molar refractivity (Wildman–Crippen MR) is 78.6 cm³/mol. The van der Waals surface area contributed by atoms with E-state index in [0.29, 0.717) is 12.0 Å². The van der Waals surface area contributed by atoms with Gasteiger partial charge in [-0.3, -0.25) is 4.90 Å². The predicted octanol–water partition coefficient (Wildman–Crippen LogP) is 3.35. The minimum absolute atomic E-state index is 0.272. The summed E-state index contributed by atoms with van der Waals surface area (Å²) in [5, 5.41) is 9.56. The van der Waals surface area contributed by atoms with Gasteiger partial charge in [-0.05, 0) is 49.4 Å². The third kappa shape index (κ3) is 3.14. The van der Waals surface area contributed by atoms with E-state index < -0.39 is 0 Å². The molecule has 1 aliphatic rings. The summed E-state index contributed by atoms with van der Waals surface area (Å²) in [7, 11) is 0. The smallest absolute Gasteiger partial charge is 0.0589 e. The number of hydrogen-bond donors (Lipinski definition) is 1. The zero-order valence-electron chi connectivity index (χ0n) is 11.2. The SMILES string of the molecule is Cc1ccc(CN2CCC[C@@H](C)[C@@H]2CO)cc1Br. The van der Waals surface area contributed by atoms with Crippen molar-refractivity contribution >= 4 is 15.9 Å². The molecule has 2 rings (SSSR count). The Morgan fingerprint density at radius 3 is 2.89 bits per heavy atom. The molecule has 0 aliphatic carbocycles. The molecule has 1 N–H and O–H groups in total. The highest BCUT2D eigenvalue weighted by molar-refractivity contribution is 9.10. The highest BCUT2D eigenvalue weighted by Crippen LogP contribution is 2.26. The zero-order valence-corrected chi connectivity index (χ0v) is 12.8. The van der Waals surface area contributed by atoms with Crippen LogP contribution >= 0.6 is 15.9 Å². The van der Waals surface area contributed by atoms with Gasteiger partial charge in [-0.2, -0.15) is 0 Å². The molecule has 3 heteroatoms. The average Bonchev–Trinajstić information content (AvgIpc) is 2.34. The van der Waals surface area contributed by atoms with E-state index in [9.17, 15) is 5.11 Å². The van der Waals surface area contributed by atoms with Crippen LogP contribution < -0.4 is 0 Å². The van der Waals surface area contributed by atoms with E-state index in [-0.39, 0.29) is 6.61 Å². The van der Waals surface area contributed by atoms with Gasteiger partial charge in [0.05, 0.1) is 6.61 Å². The van der Waals surface area contributed by atoms with Gasteiger partial charge >= 0.3 is 0 Å². The molecule has 1 saturated heterocycles. The molecule has 0 bridgehead atoms. The van der Waals surface area contributed by atoms with E-state index in [1.165, 1.54) is 28.4 Å². The fraction of sp³-hybridized carbons (Fsp3) is 0.600. The van der Waals surface area contributed by atoms with Gasteiger partial charge in [0.25, 0.3) is 0 Å². The van der Waals surface area contributed by atoms with Gasteiger partial charge in [0.2, 0.25) is 0 Å². The molecular weight excluding hydrogens is 290 g/mol. The Morgan fingerprint density at radius 1 is 1.44 bits per heavy atom. The van der Waals surface area contributed by atoms with Gasteiger partial charge in [-0.25, -0.2) is 0 Å². The molecule has 0 unspecified atom stereocenters. The molecule has 0 spiro atoms. The molecule has 1 aromatic rings. The number of piperidine rings is 1. The quantitative estimate of drug-likeness (QED) is 0.925. The van der Waals surface area contributed by atoms with Crippen molar-refractivity contribution in [1.82, 2.24) is 4.90 Å². The highest BCUT2D eigenvalue weighted by Gasteiger charge is 2.27. The number of aryl methyl sites for hydroxylation is 1. The van der Waals surface area contributed by atoms with E-state index in [1.54, 1.807) is 0 Å². The summed E-state index contributed by atoms with van der Waals surface area (Å²) in [5.41, 5.74) is 2.59. The molecular formula is C15H22BrNO.